The van der Waals surface area contributed by atoms with Crippen LogP contribution < -0.4 is 19.5 Å². The lowest BCUT2D eigenvalue weighted by atomic mass is 10.2. The molecular formula is C22H20N2O5S. The number of carbonyl (C=O) groups is 1. The van der Waals surface area contributed by atoms with Crippen LogP contribution in [0.4, 0.5) is 11.4 Å². The van der Waals surface area contributed by atoms with Crippen LogP contribution in [-0.4, -0.2) is 20.1 Å². The van der Waals surface area contributed by atoms with Gasteiger partial charge in [0.25, 0.3) is 15.9 Å². The third-order valence-corrected chi connectivity index (χ3v) is 5.76. The van der Waals surface area contributed by atoms with Crippen LogP contribution in [0.5, 0.6) is 11.5 Å². The van der Waals surface area contributed by atoms with Crippen molar-refractivity contribution in [3.8, 4) is 11.5 Å². The Bertz CT molecular complexity index is 1190. The van der Waals surface area contributed by atoms with Crippen LogP contribution in [0.1, 0.15) is 24.2 Å². The van der Waals surface area contributed by atoms with E-state index in [0.29, 0.717) is 28.4 Å². The molecule has 1 heterocycles. The van der Waals surface area contributed by atoms with E-state index in [2.05, 4.69) is 10.0 Å². The van der Waals surface area contributed by atoms with Gasteiger partial charge in [0, 0.05) is 36.9 Å². The van der Waals surface area contributed by atoms with Crippen molar-refractivity contribution in [1.29, 1.82) is 0 Å². The van der Waals surface area contributed by atoms with Gasteiger partial charge in [-0.1, -0.05) is 18.2 Å². The number of ether oxygens (including phenoxy) is 2. The second-order valence-corrected chi connectivity index (χ2v) is 8.90. The second kappa shape index (κ2) is 7.38. The van der Waals surface area contributed by atoms with Crippen LogP contribution in [0.3, 0.4) is 0 Å². The van der Waals surface area contributed by atoms with E-state index in [1.165, 1.54) is 24.3 Å². The Balaban J connectivity index is 1.46. The van der Waals surface area contributed by atoms with Crippen LogP contribution in [0.25, 0.3) is 0 Å². The molecule has 8 heteroatoms. The Morgan fingerprint density at radius 1 is 0.833 bits per heavy atom. The van der Waals surface area contributed by atoms with Crippen molar-refractivity contribution in [2.75, 3.05) is 10.0 Å². The van der Waals surface area contributed by atoms with Crippen LogP contribution in [0, 0.1) is 0 Å². The molecule has 0 saturated carbocycles. The molecule has 0 bridgehead atoms. The highest BCUT2D eigenvalue weighted by Gasteiger charge is 2.31. The first-order valence-corrected chi connectivity index (χ1v) is 10.7. The SMILES string of the molecule is CC1(C)Oc2ccc(NC(=O)c3ccc(S(=O)(=O)Nc4ccccc4)cc3)cc2O1. The van der Waals surface area contributed by atoms with E-state index in [9.17, 15) is 13.2 Å². The minimum Gasteiger partial charge on any atom is -0.449 e. The lowest BCUT2D eigenvalue weighted by molar-refractivity contribution is -0.0431. The Kier molecular flexibility index (Phi) is 4.87. The van der Waals surface area contributed by atoms with Gasteiger partial charge in [-0.15, -0.1) is 0 Å². The van der Waals surface area contributed by atoms with Crippen molar-refractivity contribution < 1.29 is 22.7 Å². The lowest BCUT2D eigenvalue weighted by Gasteiger charge is -2.16. The van der Waals surface area contributed by atoms with Crippen molar-refractivity contribution in [2.45, 2.75) is 24.5 Å². The summed E-state index contributed by atoms with van der Waals surface area (Å²) in [5, 5.41) is 2.77. The van der Waals surface area contributed by atoms with Crippen molar-refractivity contribution in [2.24, 2.45) is 0 Å². The summed E-state index contributed by atoms with van der Waals surface area (Å²) in [6.07, 6.45) is 0. The number of fused-ring (bicyclic) bond motifs is 1. The molecule has 0 spiro atoms. The van der Waals surface area contributed by atoms with Crippen LogP contribution in [0.2, 0.25) is 0 Å². The van der Waals surface area contributed by atoms with Gasteiger partial charge >= 0.3 is 0 Å². The van der Waals surface area contributed by atoms with E-state index in [1.54, 1.807) is 62.4 Å². The van der Waals surface area contributed by atoms with E-state index < -0.39 is 15.8 Å². The first kappa shape index (κ1) is 19.8. The largest absolute Gasteiger partial charge is 0.449 e. The Hall–Kier alpha value is -3.52. The van der Waals surface area contributed by atoms with E-state index in [-0.39, 0.29) is 10.8 Å². The first-order valence-electron chi connectivity index (χ1n) is 9.23. The predicted octanol–water partition coefficient (Wildman–Crippen LogP) is 4.25. The number of anilines is 2. The Labute approximate surface area is 174 Å². The number of benzene rings is 3. The van der Waals surface area contributed by atoms with E-state index in [0.717, 1.165) is 0 Å². The molecule has 0 atom stereocenters. The topological polar surface area (TPSA) is 93.7 Å². The van der Waals surface area contributed by atoms with Gasteiger partial charge in [0.05, 0.1) is 4.90 Å². The van der Waals surface area contributed by atoms with Crippen molar-refractivity contribution >= 4 is 27.3 Å². The van der Waals surface area contributed by atoms with E-state index in [1.807, 2.05) is 0 Å². The highest BCUT2D eigenvalue weighted by atomic mass is 32.2. The smallest absolute Gasteiger partial charge is 0.261 e. The summed E-state index contributed by atoms with van der Waals surface area (Å²) in [6.45, 7) is 3.60. The minimum absolute atomic E-state index is 0.0632. The molecule has 3 aromatic carbocycles. The molecule has 4 rings (SSSR count). The number of para-hydroxylation sites is 1. The monoisotopic (exact) mass is 424 g/mol. The zero-order chi connectivity index (χ0) is 21.4. The molecule has 0 fully saturated rings. The van der Waals surface area contributed by atoms with E-state index >= 15 is 0 Å². The summed E-state index contributed by atoms with van der Waals surface area (Å²) < 4.78 is 38.8. The highest BCUT2D eigenvalue weighted by Crippen LogP contribution is 2.40. The molecule has 3 aromatic rings. The third-order valence-electron chi connectivity index (χ3n) is 4.37. The maximum Gasteiger partial charge on any atom is 0.261 e. The second-order valence-electron chi connectivity index (χ2n) is 7.22. The summed E-state index contributed by atoms with van der Waals surface area (Å²) in [4.78, 5) is 12.6. The molecule has 1 aliphatic heterocycles. The number of carbonyl (C=O) groups excluding carboxylic acids is 1. The molecule has 0 aromatic heterocycles. The number of rotatable bonds is 5. The molecule has 0 unspecified atom stereocenters. The van der Waals surface area contributed by atoms with Gasteiger partial charge in [0.2, 0.25) is 5.79 Å². The fourth-order valence-electron chi connectivity index (χ4n) is 3.01. The van der Waals surface area contributed by atoms with Gasteiger partial charge in [0.1, 0.15) is 0 Å². The normalized spacial score (nSPS) is 14.2. The zero-order valence-electron chi connectivity index (χ0n) is 16.4. The van der Waals surface area contributed by atoms with Crippen LogP contribution in [0.15, 0.2) is 77.7 Å². The van der Waals surface area contributed by atoms with Gasteiger partial charge in [-0.3, -0.25) is 9.52 Å². The average Bonchev–Trinajstić information content (AvgIpc) is 3.01. The molecule has 1 amide bonds. The summed E-state index contributed by atoms with van der Waals surface area (Å²) >= 11 is 0. The molecule has 1 aliphatic rings. The fraction of sp³-hybridized carbons (Fsp3) is 0.136. The standard InChI is InChI=1S/C22H20N2O5S/c1-22(2)28-19-13-10-17(14-20(19)29-22)23-21(25)15-8-11-18(12-9-15)30(26,27)24-16-6-4-3-5-7-16/h3-14,24H,1-2H3,(H,23,25). The number of nitrogens with one attached hydrogen (secondary N) is 2. The maximum absolute atomic E-state index is 12.5. The molecular weight excluding hydrogens is 404 g/mol. The first-order chi connectivity index (χ1) is 14.2. The molecule has 0 radical (unpaired) electrons. The zero-order valence-corrected chi connectivity index (χ0v) is 17.2. The Morgan fingerprint density at radius 3 is 2.20 bits per heavy atom. The summed E-state index contributed by atoms with van der Waals surface area (Å²) in [7, 11) is -3.74. The molecule has 0 saturated heterocycles. The predicted molar refractivity (Wildman–Crippen MR) is 113 cm³/mol. The summed E-state index contributed by atoms with van der Waals surface area (Å²) in [5.74, 6) is 0.0397. The number of sulfonamides is 1. The van der Waals surface area contributed by atoms with Gasteiger partial charge < -0.3 is 14.8 Å². The van der Waals surface area contributed by atoms with Crippen molar-refractivity contribution in [3.05, 3.63) is 78.4 Å². The Morgan fingerprint density at radius 2 is 1.50 bits per heavy atom. The van der Waals surface area contributed by atoms with Gasteiger partial charge in [-0.05, 0) is 48.5 Å². The minimum atomic E-state index is -3.74. The number of hydrogen-bond acceptors (Lipinski definition) is 5. The van der Waals surface area contributed by atoms with Crippen molar-refractivity contribution in [3.63, 3.8) is 0 Å². The summed E-state index contributed by atoms with van der Waals surface area (Å²) in [6, 6.07) is 19.4. The number of amides is 1. The van der Waals surface area contributed by atoms with Crippen LogP contribution in [-0.2, 0) is 10.0 Å². The van der Waals surface area contributed by atoms with E-state index in [4.69, 9.17) is 9.47 Å². The lowest BCUT2D eigenvalue weighted by Crippen LogP contribution is -2.29. The molecule has 2 N–H and O–H groups in total. The fourth-order valence-corrected chi connectivity index (χ4v) is 4.07. The van der Waals surface area contributed by atoms with Gasteiger partial charge in [-0.2, -0.15) is 0 Å². The maximum atomic E-state index is 12.5. The van der Waals surface area contributed by atoms with Crippen molar-refractivity contribution in [1.82, 2.24) is 0 Å². The molecule has 0 aliphatic carbocycles. The van der Waals surface area contributed by atoms with Gasteiger partial charge in [-0.25, -0.2) is 8.42 Å². The average molecular weight is 424 g/mol. The summed E-state index contributed by atoms with van der Waals surface area (Å²) in [5.41, 5.74) is 1.33. The highest BCUT2D eigenvalue weighted by molar-refractivity contribution is 7.92. The third kappa shape index (κ3) is 4.23. The molecule has 7 nitrogen and oxygen atoms in total. The number of hydrogen-bond donors (Lipinski definition) is 2. The quantitative estimate of drug-likeness (QED) is 0.639. The molecule has 154 valence electrons. The van der Waals surface area contributed by atoms with Crippen LogP contribution >= 0.6 is 0 Å². The molecule has 30 heavy (non-hydrogen) atoms. The van der Waals surface area contributed by atoms with Gasteiger partial charge in [0.15, 0.2) is 11.5 Å².